The van der Waals surface area contributed by atoms with Gasteiger partial charge < -0.3 is 14.6 Å². The second-order valence-corrected chi connectivity index (χ2v) is 4.03. The first-order chi connectivity index (χ1) is 7.61. The fourth-order valence-electron chi connectivity index (χ4n) is 1.36. The number of aromatic amines is 1. The summed E-state index contributed by atoms with van der Waals surface area (Å²) in [5.41, 5.74) is -1.08. The molecule has 8 heteroatoms. The predicted molar refractivity (Wildman–Crippen MR) is 56.0 cm³/mol. The fraction of sp³-hybridized carbons (Fsp3) is 0.500. The minimum atomic E-state index is -0.734. The summed E-state index contributed by atoms with van der Waals surface area (Å²) < 4.78 is 11.7. The minimum absolute atomic E-state index is 0.142. The van der Waals surface area contributed by atoms with E-state index in [-0.39, 0.29) is 17.7 Å². The van der Waals surface area contributed by atoms with E-state index in [1.807, 2.05) is 0 Å². The van der Waals surface area contributed by atoms with Gasteiger partial charge in [-0.2, -0.15) is 0 Å². The minimum Gasteiger partial charge on any atom is -0.391 e. The SMILES string of the molecule is O=c1[nH]c(=O)n([C@@H]2CO[C@@H](CO)O2)cc1Br. The van der Waals surface area contributed by atoms with Crippen LogP contribution in [-0.4, -0.2) is 34.2 Å². The first kappa shape index (κ1) is 11.5. The molecule has 1 aromatic rings. The summed E-state index contributed by atoms with van der Waals surface area (Å²) in [6, 6.07) is 0. The third-order valence-corrected chi connectivity index (χ3v) is 2.68. The number of hydrogen-bond acceptors (Lipinski definition) is 5. The lowest BCUT2D eigenvalue weighted by Gasteiger charge is -2.12. The van der Waals surface area contributed by atoms with Gasteiger partial charge >= 0.3 is 5.69 Å². The van der Waals surface area contributed by atoms with Gasteiger partial charge in [0.15, 0.2) is 12.5 Å². The molecular weight excluding hydrogens is 284 g/mol. The fourth-order valence-corrected chi connectivity index (χ4v) is 1.68. The Balaban J connectivity index is 2.32. The van der Waals surface area contributed by atoms with Crippen LogP contribution >= 0.6 is 15.9 Å². The number of aliphatic hydroxyl groups excluding tert-OH is 1. The molecule has 0 aliphatic carbocycles. The predicted octanol–water partition coefficient (Wildman–Crippen LogP) is -0.837. The van der Waals surface area contributed by atoms with E-state index in [1.165, 1.54) is 10.8 Å². The number of nitrogens with zero attached hydrogens (tertiary/aromatic N) is 1. The Morgan fingerprint density at radius 2 is 2.38 bits per heavy atom. The van der Waals surface area contributed by atoms with Crippen LogP contribution < -0.4 is 11.2 Å². The Morgan fingerprint density at radius 3 is 3.00 bits per heavy atom. The average Bonchev–Trinajstić information content (AvgIpc) is 2.71. The zero-order chi connectivity index (χ0) is 11.7. The highest BCUT2D eigenvalue weighted by atomic mass is 79.9. The van der Waals surface area contributed by atoms with Gasteiger partial charge in [0.25, 0.3) is 5.56 Å². The Labute approximate surface area is 97.7 Å². The van der Waals surface area contributed by atoms with Crippen LogP contribution in [0.2, 0.25) is 0 Å². The molecule has 1 saturated heterocycles. The van der Waals surface area contributed by atoms with Crippen LogP contribution in [0.25, 0.3) is 0 Å². The number of halogens is 1. The van der Waals surface area contributed by atoms with E-state index in [1.54, 1.807) is 0 Å². The quantitative estimate of drug-likeness (QED) is 0.742. The standard InChI is InChI=1S/C8H9BrN2O5/c9-4-1-11(8(14)10-7(4)13)5-3-15-6(2-12)16-5/h1,5-6,12H,2-3H2,(H,10,13,14)/t5-,6+/m0/s1. The number of ether oxygens (including phenoxy) is 2. The number of aliphatic hydroxyl groups is 1. The van der Waals surface area contributed by atoms with E-state index >= 15 is 0 Å². The van der Waals surface area contributed by atoms with Gasteiger partial charge in [-0.25, -0.2) is 4.79 Å². The third kappa shape index (κ3) is 2.09. The van der Waals surface area contributed by atoms with Crippen molar-refractivity contribution in [2.75, 3.05) is 13.2 Å². The van der Waals surface area contributed by atoms with Crippen LogP contribution in [0.4, 0.5) is 0 Å². The molecule has 0 bridgehead atoms. The van der Waals surface area contributed by atoms with Crippen LogP contribution in [0, 0.1) is 0 Å². The molecule has 0 spiro atoms. The van der Waals surface area contributed by atoms with E-state index in [9.17, 15) is 9.59 Å². The van der Waals surface area contributed by atoms with Crippen molar-refractivity contribution < 1.29 is 14.6 Å². The third-order valence-electron chi connectivity index (χ3n) is 2.12. The lowest BCUT2D eigenvalue weighted by atomic mass is 10.5. The second kappa shape index (κ2) is 4.50. The molecule has 2 rings (SSSR count). The molecule has 16 heavy (non-hydrogen) atoms. The van der Waals surface area contributed by atoms with Crippen LogP contribution in [0.5, 0.6) is 0 Å². The lowest BCUT2D eigenvalue weighted by Crippen LogP contribution is -2.33. The van der Waals surface area contributed by atoms with Crippen molar-refractivity contribution in [2.45, 2.75) is 12.5 Å². The van der Waals surface area contributed by atoms with E-state index in [0.29, 0.717) is 0 Å². The van der Waals surface area contributed by atoms with Gasteiger partial charge in [0.1, 0.15) is 0 Å². The van der Waals surface area contributed by atoms with E-state index in [2.05, 4.69) is 20.9 Å². The molecule has 0 saturated carbocycles. The summed E-state index contributed by atoms with van der Waals surface area (Å²) in [6.07, 6.45) is -0.0463. The van der Waals surface area contributed by atoms with Crippen molar-refractivity contribution in [3.05, 3.63) is 31.5 Å². The molecule has 7 nitrogen and oxygen atoms in total. The van der Waals surface area contributed by atoms with Gasteiger partial charge in [-0.3, -0.25) is 14.3 Å². The monoisotopic (exact) mass is 292 g/mol. The van der Waals surface area contributed by atoms with Crippen molar-refractivity contribution >= 4 is 15.9 Å². The Morgan fingerprint density at radius 1 is 1.62 bits per heavy atom. The highest BCUT2D eigenvalue weighted by Crippen LogP contribution is 2.19. The zero-order valence-electron chi connectivity index (χ0n) is 8.05. The maximum atomic E-state index is 11.5. The smallest absolute Gasteiger partial charge is 0.330 e. The van der Waals surface area contributed by atoms with E-state index < -0.39 is 23.8 Å². The Hall–Kier alpha value is -0.960. The number of rotatable bonds is 2. The molecule has 1 aliphatic heterocycles. The van der Waals surface area contributed by atoms with Gasteiger partial charge in [-0.05, 0) is 15.9 Å². The Kier molecular flexibility index (Phi) is 3.24. The lowest BCUT2D eigenvalue weighted by molar-refractivity contribution is -0.0993. The molecule has 1 fully saturated rings. The summed E-state index contributed by atoms with van der Waals surface area (Å²) in [5.74, 6) is 0. The molecule has 1 aliphatic rings. The number of H-pyrrole nitrogens is 1. The largest absolute Gasteiger partial charge is 0.391 e. The summed E-state index contributed by atoms with van der Waals surface area (Å²) >= 11 is 3.01. The summed E-state index contributed by atoms with van der Waals surface area (Å²) in [6.45, 7) is -0.139. The van der Waals surface area contributed by atoms with Crippen molar-refractivity contribution in [3.8, 4) is 0 Å². The van der Waals surface area contributed by atoms with Gasteiger partial charge in [0.2, 0.25) is 0 Å². The van der Waals surface area contributed by atoms with Gasteiger partial charge in [-0.1, -0.05) is 0 Å². The van der Waals surface area contributed by atoms with Gasteiger partial charge in [0, 0.05) is 6.20 Å². The highest BCUT2D eigenvalue weighted by molar-refractivity contribution is 9.10. The topological polar surface area (TPSA) is 93.6 Å². The van der Waals surface area contributed by atoms with Crippen LogP contribution in [0.15, 0.2) is 20.3 Å². The summed E-state index contributed by atoms with van der Waals surface area (Å²) in [5, 5.41) is 8.79. The van der Waals surface area contributed by atoms with E-state index in [0.717, 1.165) is 0 Å². The molecule has 0 amide bonds. The van der Waals surface area contributed by atoms with Crippen LogP contribution in [-0.2, 0) is 9.47 Å². The molecule has 0 aromatic carbocycles. The average molecular weight is 293 g/mol. The van der Waals surface area contributed by atoms with Crippen LogP contribution in [0.3, 0.4) is 0 Å². The van der Waals surface area contributed by atoms with Gasteiger partial charge in [0.05, 0.1) is 17.7 Å². The Bertz CT molecular complexity index is 496. The number of hydrogen-bond donors (Lipinski definition) is 2. The van der Waals surface area contributed by atoms with Crippen molar-refractivity contribution in [1.82, 2.24) is 9.55 Å². The van der Waals surface area contributed by atoms with Crippen molar-refractivity contribution in [2.24, 2.45) is 0 Å². The normalized spacial score (nSPS) is 24.9. The molecular formula is C8H9BrN2O5. The molecule has 2 atom stereocenters. The van der Waals surface area contributed by atoms with Gasteiger partial charge in [-0.15, -0.1) is 0 Å². The maximum Gasteiger partial charge on any atom is 0.330 e. The molecule has 88 valence electrons. The van der Waals surface area contributed by atoms with E-state index in [4.69, 9.17) is 14.6 Å². The zero-order valence-corrected chi connectivity index (χ0v) is 9.64. The number of nitrogens with one attached hydrogen (secondary N) is 1. The second-order valence-electron chi connectivity index (χ2n) is 3.18. The highest BCUT2D eigenvalue weighted by Gasteiger charge is 2.27. The first-order valence-corrected chi connectivity index (χ1v) is 5.30. The maximum absolute atomic E-state index is 11.5. The van der Waals surface area contributed by atoms with Crippen molar-refractivity contribution in [3.63, 3.8) is 0 Å². The van der Waals surface area contributed by atoms with Crippen LogP contribution in [0.1, 0.15) is 6.23 Å². The summed E-state index contributed by atoms with van der Waals surface area (Å²) in [4.78, 5) is 24.7. The number of aromatic nitrogens is 2. The van der Waals surface area contributed by atoms with Crippen molar-refractivity contribution in [1.29, 1.82) is 0 Å². The summed E-state index contributed by atoms with van der Waals surface area (Å²) in [7, 11) is 0. The molecule has 2 N–H and O–H groups in total. The first-order valence-electron chi connectivity index (χ1n) is 4.50. The molecule has 0 unspecified atom stereocenters. The molecule has 2 heterocycles. The molecule has 0 radical (unpaired) electrons. The molecule has 1 aromatic heterocycles.